The first-order valence-electron chi connectivity index (χ1n) is 7.86. The molecule has 1 N–H and O–H groups in total. The summed E-state index contributed by atoms with van der Waals surface area (Å²) in [6, 6.07) is 0. The monoisotopic (exact) mass is 335 g/mol. The van der Waals surface area contributed by atoms with Crippen molar-refractivity contribution in [3.63, 3.8) is 0 Å². The predicted molar refractivity (Wildman–Crippen MR) is 85.1 cm³/mol. The van der Waals surface area contributed by atoms with Crippen LogP contribution in [0.3, 0.4) is 0 Å². The lowest BCUT2D eigenvalue weighted by Gasteiger charge is -2.28. The second kappa shape index (κ2) is 8.15. The quantitative estimate of drug-likeness (QED) is 0.755. The van der Waals surface area contributed by atoms with Crippen molar-refractivity contribution in [1.29, 1.82) is 0 Å². The molecule has 7 heteroatoms. The van der Waals surface area contributed by atoms with Gasteiger partial charge in [-0.05, 0) is 51.9 Å². The lowest BCUT2D eigenvalue weighted by molar-refractivity contribution is 0.0523. The minimum Gasteiger partial charge on any atom is -0.444 e. The van der Waals surface area contributed by atoms with E-state index in [2.05, 4.69) is 5.32 Å². The number of ether oxygens (including phenoxy) is 1. The Morgan fingerprint density at radius 1 is 1.14 bits per heavy atom. The summed E-state index contributed by atoms with van der Waals surface area (Å²) in [5.41, 5.74) is -0.470. The second-order valence-electron chi connectivity index (χ2n) is 7.09. The zero-order valence-electron chi connectivity index (χ0n) is 14.1. The topological polar surface area (TPSA) is 81.7 Å². The summed E-state index contributed by atoms with van der Waals surface area (Å²) in [6.07, 6.45) is 5.70. The number of amides is 1. The Bertz CT molecular complexity index is 447. The van der Waals surface area contributed by atoms with E-state index in [1.165, 1.54) is 0 Å². The number of alkyl carbamates (subject to hydrolysis) is 1. The van der Waals surface area contributed by atoms with Gasteiger partial charge in [-0.25, -0.2) is 4.79 Å². The SMILES string of the molecule is CC(C)(C)OC(=O)NCC[C@H]1CC[C@H](COS(C)(=O)=O)CC1. The van der Waals surface area contributed by atoms with Crippen LogP contribution in [0.15, 0.2) is 0 Å². The maximum absolute atomic E-state index is 11.5. The van der Waals surface area contributed by atoms with Gasteiger partial charge in [0.05, 0.1) is 12.9 Å². The highest BCUT2D eigenvalue weighted by Crippen LogP contribution is 2.30. The van der Waals surface area contributed by atoms with E-state index < -0.39 is 15.7 Å². The van der Waals surface area contributed by atoms with Crippen LogP contribution in [-0.4, -0.2) is 39.5 Å². The first-order valence-corrected chi connectivity index (χ1v) is 9.68. The molecule has 0 aromatic rings. The van der Waals surface area contributed by atoms with Crippen molar-refractivity contribution in [2.45, 2.75) is 58.5 Å². The summed E-state index contributed by atoms with van der Waals surface area (Å²) >= 11 is 0. The first-order chi connectivity index (χ1) is 10.1. The van der Waals surface area contributed by atoms with Gasteiger partial charge in [0.25, 0.3) is 10.1 Å². The lowest BCUT2D eigenvalue weighted by Crippen LogP contribution is -2.33. The molecule has 1 aliphatic carbocycles. The molecule has 0 atom stereocenters. The largest absolute Gasteiger partial charge is 0.444 e. The van der Waals surface area contributed by atoms with Gasteiger partial charge in [0.15, 0.2) is 0 Å². The molecular formula is C15H29NO5S. The molecule has 0 aromatic carbocycles. The first kappa shape index (κ1) is 19.2. The fourth-order valence-corrected chi connectivity index (χ4v) is 3.04. The minimum absolute atomic E-state index is 0.293. The number of hydrogen-bond donors (Lipinski definition) is 1. The number of nitrogens with one attached hydrogen (secondary N) is 1. The molecule has 0 saturated heterocycles. The zero-order chi connectivity index (χ0) is 16.8. The van der Waals surface area contributed by atoms with Gasteiger partial charge in [0, 0.05) is 6.54 Å². The van der Waals surface area contributed by atoms with E-state index in [0.29, 0.717) is 25.0 Å². The molecule has 0 aliphatic heterocycles. The molecule has 1 rings (SSSR count). The van der Waals surface area contributed by atoms with Gasteiger partial charge in [0.2, 0.25) is 0 Å². The molecule has 1 saturated carbocycles. The van der Waals surface area contributed by atoms with Crippen LogP contribution in [-0.2, 0) is 19.0 Å². The van der Waals surface area contributed by atoms with Gasteiger partial charge >= 0.3 is 6.09 Å². The number of rotatable bonds is 6. The molecule has 0 heterocycles. The van der Waals surface area contributed by atoms with Crippen LogP contribution in [0.5, 0.6) is 0 Å². The van der Waals surface area contributed by atoms with Crippen LogP contribution in [0.1, 0.15) is 52.9 Å². The molecule has 130 valence electrons. The van der Waals surface area contributed by atoms with Gasteiger partial charge in [-0.1, -0.05) is 12.8 Å². The highest BCUT2D eigenvalue weighted by molar-refractivity contribution is 7.85. The fourth-order valence-electron chi connectivity index (χ4n) is 2.60. The molecule has 1 fully saturated rings. The van der Waals surface area contributed by atoms with Crippen molar-refractivity contribution < 1.29 is 22.1 Å². The molecule has 0 bridgehead atoms. The van der Waals surface area contributed by atoms with Gasteiger partial charge in [-0.2, -0.15) is 8.42 Å². The van der Waals surface area contributed by atoms with Crippen molar-refractivity contribution >= 4 is 16.2 Å². The van der Waals surface area contributed by atoms with Crippen molar-refractivity contribution in [2.24, 2.45) is 11.8 Å². The summed E-state index contributed by atoms with van der Waals surface area (Å²) in [4.78, 5) is 11.5. The Hall–Kier alpha value is -0.820. The third-order valence-electron chi connectivity index (χ3n) is 3.70. The minimum atomic E-state index is -3.34. The standard InChI is InChI=1S/C15H29NO5S/c1-15(2,3)21-14(17)16-10-9-12-5-7-13(8-6-12)11-20-22(4,18)19/h12-13H,5-11H2,1-4H3,(H,16,17)/t12-,13-. The highest BCUT2D eigenvalue weighted by Gasteiger charge is 2.23. The van der Waals surface area contributed by atoms with Crippen LogP contribution >= 0.6 is 0 Å². The average Bonchev–Trinajstić information content (AvgIpc) is 2.35. The molecule has 22 heavy (non-hydrogen) atoms. The third kappa shape index (κ3) is 9.25. The normalized spacial score (nSPS) is 23.1. The van der Waals surface area contributed by atoms with E-state index in [9.17, 15) is 13.2 Å². The van der Waals surface area contributed by atoms with Crippen LogP contribution in [0.2, 0.25) is 0 Å². The fraction of sp³-hybridized carbons (Fsp3) is 0.933. The maximum Gasteiger partial charge on any atom is 0.407 e. The van der Waals surface area contributed by atoms with Crippen LogP contribution in [0.25, 0.3) is 0 Å². The van der Waals surface area contributed by atoms with Crippen molar-refractivity contribution in [3.05, 3.63) is 0 Å². The van der Waals surface area contributed by atoms with Crippen LogP contribution < -0.4 is 5.32 Å². The second-order valence-corrected chi connectivity index (χ2v) is 8.74. The van der Waals surface area contributed by atoms with Crippen LogP contribution in [0, 0.1) is 11.8 Å². The molecule has 1 aliphatic rings. The zero-order valence-corrected chi connectivity index (χ0v) is 14.9. The lowest BCUT2D eigenvalue weighted by atomic mass is 9.81. The molecule has 0 radical (unpaired) electrons. The van der Waals surface area contributed by atoms with E-state index in [-0.39, 0.29) is 6.09 Å². The van der Waals surface area contributed by atoms with E-state index in [1.807, 2.05) is 20.8 Å². The van der Waals surface area contributed by atoms with Gasteiger partial charge < -0.3 is 10.1 Å². The van der Waals surface area contributed by atoms with Gasteiger partial charge in [-0.3, -0.25) is 4.18 Å². The van der Waals surface area contributed by atoms with E-state index >= 15 is 0 Å². The Kier molecular flexibility index (Phi) is 7.12. The van der Waals surface area contributed by atoms with Gasteiger partial charge in [0.1, 0.15) is 5.60 Å². The Balaban J connectivity index is 2.14. The van der Waals surface area contributed by atoms with E-state index in [4.69, 9.17) is 8.92 Å². The predicted octanol–water partition coefficient (Wildman–Crippen LogP) is 2.68. The molecule has 0 aromatic heterocycles. The average molecular weight is 335 g/mol. The Labute approximate surface area is 134 Å². The number of carbonyl (C=O) groups is 1. The third-order valence-corrected chi connectivity index (χ3v) is 4.27. The smallest absolute Gasteiger partial charge is 0.407 e. The van der Waals surface area contributed by atoms with Crippen molar-refractivity contribution in [1.82, 2.24) is 5.32 Å². The summed E-state index contributed by atoms with van der Waals surface area (Å²) < 4.78 is 32.0. The number of carbonyl (C=O) groups excluding carboxylic acids is 1. The molecule has 1 amide bonds. The van der Waals surface area contributed by atoms with Gasteiger partial charge in [-0.15, -0.1) is 0 Å². The summed E-state index contributed by atoms with van der Waals surface area (Å²) in [6.45, 7) is 6.43. The summed E-state index contributed by atoms with van der Waals surface area (Å²) in [5, 5.41) is 2.78. The van der Waals surface area contributed by atoms with Crippen molar-refractivity contribution in [3.8, 4) is 0 Å². The molecular weight excluding hydrogens is 306 g/mol. The van der Waals surface area contributed by atoms with E-state index in [0.717, 1.165) is 38.4 Å². The number of hydrogen-bond acceptors (Lipinski definition) is 5. The highest BCUT2D eigenvalue weighted by atomic mass is 32.2. The molecule has 0 spiro atoms. The summed E-state index contributed by atoms with van der Waals surface area (Å²) in [5.74, 6) is 0.897. The van der Waals surface area contributed by atoms with E-state index in [1.54, 1.807) is 0 Å². The Morgan fingerprint density at radius 2 is 1.68 bits per heavy atom. The molecule has 0 unspecified atom stereocenters. The molecule has 6 nitrogen and oxygen atoms in total. The van der Waals surface area contributed by atoms with Crippen molar-refractivity contribution in [2.75, 3.05) is 19.4 Å². The Morgan fingerprint density at radius 3 is 2.18 bits per heavy atom. The summed E-state index contributed by atoms with van der Waals surface area (Å²) in [7, 11) is -3.34. The van der Waals surface area contributed by atoms with Crippen LogP contribution in [0.4, 0.5) is 4.79 Å². The maximum atomic E-state index is 11.5.